The summed E-state index contributed by atoms with van der Waals surface area (Å²) in [4.78, 5) is 62.0. The molecular formula is C27H36INO6S. The van der Waals surface area contributed by atoms with Gasteiger partial charge in [0.1, 0.15) is 5.78 Å². The molecule has 0 bridgehead atoms. The van der Waals surface area contributed by atoms with E-state index in [4.69, 9.17) is 0 Å². The Kier molecular flexibility index (Phi) is 12.1. The van der Waals surface area contributed by atoms with Crippen LogP contribution in [0.15, 0.2) is 24.3 Å². The van der Waals surface area contributed by atoms with Crippen molar-refractivity contribution in [3.05, 3.63) is 33.4 Å². The van der Waals surface area contributed by atoms with Crippen LogP contribution in [0.1, 0.15) is 84.1 Å². The number of carbonyl (C=O) groups is 5. The molecule has 0 spiro atoms. The highest BCUT2D eigenvalue weighted by molar-refractivity contribution is 14.1. The van der Waals surface area contributed by atoms with Crippen molar-refractivity contribution in [2.45, 2.75) is 95.0 Å². The number of ketones is 1. The third-order valence-corrected chi connectivity index (χ3v) is 8.04. The number of likely N-dealkylation sites (tertiary alicyclic amines) is 1. The minimum Gasteiger partial charge on any atom is -0.481 e. The Morgan fingerprint density at radius 1 is 1.06 bits per heavy atom. The van der Waals surface area contributed by atoms with Gasteiger partial charge in [-0.05, 0) is 66.0 Å². The van der Waals surface area contributed by atoms with E-state index in [9.17, 15) is 29.1 Å². The highest BCUT2D eigenvalue weighted by Gasteiger charge is 2.44. The largest absolute Gasteiger partial charge is 0.481 e. The zero-order valence-electron chi connectivity index (χ0n) is 21.3. The van der Waals surface area contributed by atoms with Crippen molar-refractivity contribution < 1.29 is 29.1 Å². The van der Waals surface area contributed by atoms with Crippen molar-refractivity contribution in [3.63, 3.8) is 0 Å². The fourth-order valence-corrected chi connectivity index (χ4v) is 5.80. The van der Waals surface area contributed by atoms with Crippen molar-refractivity contribution in [2.24, 2.45) is 5.92 Å². The normalized spacial score (nSPS) is 16.9. The minimum absolute atomic E-state index is 0.0387. The summed E-state index contributed by atoms with van der Waals surface area (Å²) in [5.41, 5.74) is 1.22. The number of imide groups is 3. The molecule has 1 fully saturated rings. The quantitative estimate of drug-likeness (QED) is 0.167. The third-order valence-electron chi connectivity index (χ3n) is 5.96. The number of unbranched alkanes of at least 4 members (excludes halogenated alkanes) is 2. The first-order valence-electron chi connectivity index (χ1n) is 12.4. The van der Waals surface area contributed by atoms with E-state index in [1.807, 2.05) is 20.8 Å². The number of carbonyl (C=O) groups excluding carboxylic acids is 4. The summed E-state index contributed by atoms with van der Waals surface area (Å²) in [5, 5.41) is 8.94. The predicted molar refractivity (Wildman–Crippen MR) is 149 cm³/mol. The lowest BCUT2D eigenvalue weighted by molar-refractivity contribution is -0.153. The van der Waals surface area contributed by atoms with E-state index in [0.29, 0.717) is 37.0 Å². The van der Waals surface area contributed by atoms with Gasteiger partial charge in [-0.15, -0.1) is 11.8 Å². The predicted octanol–water partition coefficient (Wildman–Crippen LogP) is 5.41. The van der Waals surface area contributed by atoms with Crippen LogP contribution in [0.2, 0.25) is 0 Å². The SMILES string of the molecule is CC(C)(C)SC1CC(=O)N(C(=O)CC(CCCCCC(=O)CCCc2ccc(I)cc2)C(=O)O)C1=O. The molecule has 9 heteroatoms. The van der Waals surface area contributed by atoms with Crippen LogP contribution in [-0.2, 0) is 30.4 Å². The van der Waals surface area contributed by atoms with Crippen LogP contribution >= 0.6 is 34.4 Å². The Hall–Kier alpha value is -1.75. The number of amides is 3. The number of benzene rings is 1. The van der Waals surface area contributed by atoms with Crippen LogP contribution < -0.4 is 0 Å². The molecular weight excluding hydrogens is 593 g/mol. The van der Waals surface area contributed by atoms with Crippen LogP contribution in [-0.4, -0.2) is 49.5 Å². The fraction of sp³-hybridized carbons (Fsp3) is 0.593. The molecule has 7 nitrogen and oxygen atoms in total. The van der Waals surface area contributed by atoms with Crippen LogP contribution in [0.4, 0.5) is 0 Å². The van der Waals surface area contributed by atoms with Gasteiger partial charge < -0.3 is 5.11 Å². The Balaban J connectivity index is 1.70. The molecule has 1 aromatic rings. The van der Waals surface area contributed by atoms with Gasteiger partial charge in [0.2, 0.25) is 17.7 Å². The molecule has 0 aromatic heterocycles. The smallest absolute Gasteiger partial charge is 0.307 e. The molecule has 0 radical (unpaired) electrons. The standard InChI is InChI=1S/C27H36INO6S/c1-27(2,3)36-22-17-24(32)29(25(22)33)23(31)16-19(26(34)35)9-5-4-6-10-21(30)11-7-8-18-12-14-20(28)15-13-18/h12-15,19,22H,4-11,16-17H2,1-3H3,(H,34,35). The van der Waals surface area contributed by atoms with Gasteiger partial charge in [-0.2, -0.15) is 0 Å². The first-order chi connectivity index (χ1) is 16.9. The van der Waals surface area contributed by atoms with Crippen LogP contribution in [0.25, 0.3) is 0 Å². The lowest BCUT2D eigenvalue weighted by Gasteiger charge is -2.21. The van der Waals surface area contributed by atoms with Crippen LogP contribution in [0.3, 0.4) is 0 Å². The van der Waals surface area contributed by atoms with E-state index >= 15 is 0 Å². The number of carboxylic acids is 1. The number of aliphatic carboxylic acids is 1. The van der Waals surface area contributed by atoms with Crippen molar-refractivity contribution >= 4 is 63.8 Å². The van der Waals surface area contributed by atoms with E-state index in [2.05, 4.69) is 46.9 Å². The van der Waals surface area contributed by atoms with Gasteiger partial charge in [-0.1, -0.05) is 45.7 Å². The fourth-order valence-electron chi connectivity index (χ4n) is 4.16. The summed E-state index contributed by atoms with van der Waals surface area (Å²) in [6, 6.07) is 8.27. The Morgan fingerprint density at radius 3 is 2.31 bits per heavy atom. The highest BCUT2D eigenvalue weighted by atomic mass is 127. The molecule has 2 atom stereocenters. The van der Waals surface area contributed by atoms with Gasteiger partial charge in [0.25, 0.3) is 0 Å². The molecule has 1 saturated heterocycles. The second-order valence-electron chi connectivity index (χ2n) is 10.2. The number of hydrogen-bond acceptors (Lipinski definition) is 6. The number of carboxylic acid groups (broad SMARTS) is 1. The second-order valence-corrected chi connectivity index (χ2v) is 13.5. The van der Waals surface area contributed by atoms with E-state index in [-0.39, 0.29) is 29.8 Å². The average Bonchev–Trinajstić information content (AvgIpc) is 3.05. The summed E-state index contributed by atoms with van der Waals surface area (Å²) in [6.45, 7) is 5.79. The molecule has 1 aliphatic heterocycles. The number of hydrogen-bond donors (Lipinski definition) is 1. The number of Topliss-reactive ketones (excluding diaryl/α,β-unsaturated/α-hetero) is 1. The lowest BCUT2D eigenvalue weighted by atomic mass is 9.96. The van der Waals surface area contributed by atoms with Crippen molar-refractivity contribution in [2.75, 3.05) is 0 Å². The molecule has 1 N–H and O–H groups in total. The van der Waals surface area contributed by atoms with Gasteiger partial charge >= 0.3 is 5.97 Å². The second kappa shape index (κ2) is 14.3. The van der Waals surface area contributed by atoms with E-state index in [0.717, 1.165) is 12.8 Å². The molecule has 2 rings (SSSR count). The molecule has 198 valence electrons. The zero-order valence-corrected chi connectivity index (χ0v) is 24.2. The molecule has 36 heavy (non-hydrogen) atoms. The molecule has 2 unspecified atom stereocenters. The monoisotopic (exact) mass is 629 g/mol. The number of rotatable bonds is 14. The number of halogens is 1. The van der Waals surface area contributed by atoms with Crippen molar-refractivity contribution in [1.29, 1.82) is 0 Å². The molecule has 1 aliphatic rings. The Labute approximate surface area is 231 Å². The van der Waals surface area contributed by atoms with E-state index in [1.165, 1.54) is 20.9 Å². The number of nitrogens with zero attached hydrogens (tertiary/aromatic N) is 1. The van der Waals surface area contributed by atoms with Crippen molar-refractivity contribution in [3.8, 4) is 0 Å². The van der Waals surface area contributed by atoms with Crippen LogP contribution in [0, 0.1) is 9.49 Å². The van der Waals surface area contributed by atoms with Crippen molar-refractivity contribution in [1.82, 2.24) is 4.90 Å². The van der Waals surface area contributed by atoms with Gasteiger partial charge in [-0.25, -0.2) is 4.90 Å². The first-order valence-corrected chi connectivity index (χ1v) is 14.4. The topological polar surface area (TPSA) is 109 Å². The summed E-state index contributed by atoms with van der Waals surface area (Å²) in [7, 11) is 0. The molecule has 3 amide bonds. The van der Waals surface area contributed by atoms with Gasteiger partial charge in [0.05, 0.1) is 11.2 Å². The average molecular weight is 630 g/mol. The molecule has 1 heterocycles. The van der Waals surface area contributed by atoms with Crippen LogP contribution in [0.5, 0.6) is 0 Å². The zero-order chi connectivity index (χ0) is 26.9. The van der Waals surface area contributed by atoms with Gasteiger partial charge in [0.15, 0.2) is 0 Å². The van der Waals surface area contributed by atoms with Gasteiger partial charge in [-0.3, -0.25) is 24.0 Å². The number of aryl methyl sites for hydroxylation is 1. The minimum atomic E-state index is -1.12. The Morgan fingerprint density at radius 2 is 1.69 bits per heavy atom. The summed E-state index contributed by atoms with van der Waals surface area (Å²) < 4.78 is 0.940. The number of thioether (sulfide) groups is 1. The Bertz CT molecular complexity index is 956. The maximum absolute atomic E-state index is 12.7. The summed E-state index contributed by atoms with van der Waals surface area (Å²) in [5.74, 6) is -3.71. The lowest BCUT2D eigenvalue weighted by Crippen LogP contribution is -2.39. The maximum Gasteiger partial charge on any atom is 0.307 e. The first kappa shape index (κ1) is 30.5. The van der Waals surface area contributed by atoms with E-state index in [1.54, 1.807) is 0 Å². The molecule has 1 aromatic carbocycles. The van der Waals surface area contributed by atoms with Gasteiger partial charge in [0, 0.05) is 34.0 Å². The molecule has 0 saturated carbocycles. The van der Waals surface area contributed by atoms with E-state index < -0.39 is 34.9 Å². The molecule has 0 aliphatic carbocycles. The highest BCUT2D eigenvalue weighted by Crippen LogP contribution is 2.35. The third kappa shape index (κ3) is 10.3. The maximum atomic E-state index is 12.7. The summed E-state index contributed by atoms with van der Waals surface area (Å²) in [6.07, 6.45) is 4.45. The summed E-state index contributed by atoms with van der Waals surface area (Å²) >= 11 is 3.60.